The van der Waals surface area contributed by atoms with Gasteiger partial charge in [0.2, 0.25) is 0 Å². The molecule has 2 aromatic heterocycles. The summed E-state index contributed by atoms with van der Waals surface area (Å²) in [5, 5.41) is 13.3. The number of hydrogen-bond acceptors (Lipinski definition) is 5. The molecule has 7 heteroatoms. The number of rotatable bonds is 4. The van der Waals surface area contributed by atoms with E-state index >= 15 is 0 Å². The molecule has 1 aliphatic rings. The third-order valence-electron chi connectivity index (χ3n) is 8.09. The van der Waals surface area contributed by atoms with Crippen molar-refractivity contribution in [2.75, 3.05) is 13.2 Å². The third-order valence-corrected chi connectivity index (χ3v) is 8.59. The number of ether oxygens (including phenoxy) is 1. The Morgan fingerprint density at radius 3 is 1.55 bits per heavy atom. The highest BCUT2D eigenvalue weighted by Gasteiger charge is 2.10. The normalized spacial score (nSPS) is 12.5. The zero-order valence-corrected chi connectivity index (χ0v) is 27.2. The molecule has 8 aromatic rings. The molecule has 0 unspecified atom stereocenters. The molecule has 1 saturated heterocycles. The fraction of sp³-hybridized carbons (Fsp3) is 0.100. The quantitative estimate of drug-likeness (QED) is 0.187. The summed E-state index contributed by atoms with van der Waals surface area (Å²) in [7, 11) is 0.686. The smallest absolute Gasteiger partial charge is 0.537 e. The van der Waals surface area contributed by atoms with Crippen LogP contribution in [-0.4, -0.2) is 25.9 Å². The maximum absolute atomic E-state index is 8.75. The van der Waals surface area contributed by atoms with Gasteiger partial charge in [-0.25, -0.2) is 0 Å². The Morgan fingerprint density at radius 1 is 0.511 bits per heavy atom. The van der Waals surface area contributed by atoms with Crippen molar-refractivity contribution in [1.29, 1.82) is 0 Å². The predicted octanol–water partition coefficient (Wildman–Crippen LogP) is 11.0. The molecule has 0 amide bonds. The zero-order valence-electron chi connectivity index (χ0n) is 25.6. The summed E-state index contributed by atoms with van der Waals surface area (Å²) < 4.78 is 22.8. The third kappa shape index (κ3) is 6.98. The molecule has 1 fully saturated rings. The van der Waals surface area contributed by atoms with Gasteiger partial charge >= 0.3 is 7.69 Å². The van der Waals surface area contributed by atoms with E-state index in [9.17, 15) is 0 Å². The number of halogens is 1. The molecule has 231 valence electrons. The second kappa shape index (κ2) is 14.3. The Hall–Kier alpha value is -4.82. The van der Waals surface area contributed by atoms with E-state index in [2.05, 4.69) is 64.5 Å². The summed E-state index contributed by atoms with van der Waals surface area (Å²) in [6, 6.07) is 44.6. The SMILES string of the molecule is Brc1cccc(-c2ccc3oc4ccccc4c3c2)c1.C1CCOC1.O[B]Oc1cccc(-c2ccc3oc4ccccc4c3c2)c1. The first-order chi connectivity index (χ1) is 23.2. The van der Waals surface area contributed by atoms with Crippen molar-refractivity contribution in [2.24, 2.45) is 0 Å². The summed E-state index contributed by atoms with van der Waals surface area (Å²) in [6.45, 7) is 2.00. The molecule has 5 nitrogen and oxygen atoms in total. The average Bonchev–Trinajstić information content (AvgIpc) is 3.89. The topological polar surface area (TPSA) is 65.0 Å². The molecule has 1 N–H and O–H groups in total. The molecule has 0 spiro atoms. The maximum atomic E-state index is 8.75. The zero-order chi connectivity index (χ0) is 32.0. The van der Waals surface area contributed by atoms with Gasteiger partial charge in [-0.2, -0.15) is 0 Å². The molecule has 6 aromatic carbocycles. The lowest BCUT2D eigenvalue weighted by Crippen LogP contribution is -1.99. The lowest BCUT2D eigenvalue weighted by Gasteiger charge is -2.05. The lowest BCUT2D eigenvalue weighted by atomic mass is 10.0. The highest BCUT2D eigenvalue weighted by molar-refractivity contribution is 9.10. The van der Waals surface area contributed by atoms with Gasteiger partial charge in [0.1, 0.15) is 28.1 Å². The van der Waals surface area contributed by atoms with Crippen LogP contribution in [0.5, 0.6) is 5.75 Å². The van der Waals surface area contributed by atoms with Gasteiger partial charge in [0.15, 0.2) is 0 Å². The lowest BCUT2D eigenvalue weighted by molar-refractivity contribution is 0.198. The van der Waals surface area contributed by atoms with Gasteiger partial charge in [0.25, 0.3) is 0 Å². The summed E-state index contributed by atoms with van der Waals surface area (Å²) in [4.78, 5) is 0. The van der Waals surface area contributed by atoms with Crippen molar-refractivity contribution in [3.05, 3.63) is 138 Å². The van der Waals surface area contributed by atoms with Crippen LogP contribution in [0, 0.1) is 0 Å². The van der Waals surface area contributed by atoms with Crippen molar-refractivity contribution >= 4 is 67.5 Å². The highest BCUT2D eigenvalue weighted by Crippen LogP contribution is 2.34. The molecular formula is C40H31BBrO5. The minimum absolute atomic E-state index is 0.595. The second-order valence-corrected chi connectivity index (χ2v) is 12.1. The Balaban J connectivity index is 0.000000131. The molecule has 1 aliphatic heterocycles. The summed E-state index contributed by atoms with van der Waals surface area (Å²) in [5.41, 5.74) is 8.13. The van der Waals surface area contributed by atoms with Gasteiger partial charge in [-0.05, 0) is 95.8 Å². The van der Waals surface area contributed by atoms with Crippen molar-refractivity contribution < 1.29 is 23.2 Å². The Kier molecular flexibility index (Phi) is 9.38. The van der Waals surface area contributed by atoms with Crippen LogP contribution < -0.4 is 4.65 Å². The van der Waals surface area contributed by atoms with Gasteiger partial charge in [0, 0.05) is 39.2 Å². The first-order valence-electron chi connectivity index (χ1n) is 15.6. The van der Waals surface area contributed by atoms with E-state index in [0.29, 0.717) is 13.4 Å². The van der Waals surface area contributed by atoms with Crippen molar-refractivity contribution in [2.45, 2.75) is 12.8 Å². The minimum atomic E-state index is 0.595. The van der Waals surface area contributed by atoms with Crippen LogP contribution in [0.25, 0.3) is 66.1 Å². The van der Waals surface area contributed by atoms with Gasteiger partial charge in [0.05, 0.1) is 0 Å². The average molecular weight is 682 g/mol. The highest BCUT2D eigenvalue weighted by atomic mass is 79.9. The molecule has 0 atom stereocenters. The first-order valence-corrected chi connectivity index (χ1v) is 16.3. The Morgan fingerprint density at radius 2 is 1.02 bits per heavy atom. The van der Waals surface area contributed by atoms with Crippen LogP contribution in [0.3, 0.4) is 0 Å². The van der Waals surface area contributed by atoms with E-state index in [-0.39, 0.29) is 0 Å². The van der Waals surface area contributed by atoms with Gasteiger partial charge in [-0.3, -0.25) is 0 Å². The number of benzene rings is 6. The number of furan rings is 2. The molecular weight excluding hydrogens is 651 g/mol. The second-order valence-electron chi connectivity index (χ2n) is 11.2. The molecule has 9 rings (SSSR count). The molecule has 3 heterocycles. The van der Waals surface area contributed by atoms with Gasteiger partial charge in [-0.1, -0.05) is 88.7 Å². The van der Waals surface area contributed by atoms with E-state index in [4.69, 9.17) is 23.2 Å². The van der Waals surface area contributed by atoms with E-state index < -0.39 is 0 Å². The minimum Gasteiger partial charge on any atom is -0.537 e. The fourth-order valence-corrected chi connectivity index (χ4v) is 6.20. The molecule has 0 saturated carbocycles. The van der Waals surface area contributed by atoms with Gasteiger partial charge in [-0.15, -0.1) is 0 Å². The van der Waals surface area contributed by atoms with Crippen molar-refractivity contribution in [3.63, 3.8) is 0 Å². The predicted molar refractivity (Wildman–Crippen MR) is 195 cm³/mol. The molecule has 0 aliphatic carbocycles. The van der Waals surface area contributed by atoms with Gasteiger partial charge < -0.3 is 23.2 Å². The number of hydrogen-bond donors (Lipinski definition) is 1. The van der Waals surface area contributed by atoms with Crippen LogP contribution in [0.15, 0.2) is 147 Å². The van der Waals surface area contributed by atoms with Crippen molar-refractivity contribution in [3.8, 4) is 28.0 Å². The van der Waals surface area contributed by atoms with Crippen LogP contribution in [-0.2, 0) is 4.74 Å². The summed E-state index contributed by atoms with van der Waals surface area (Å²) in [5.74, 6) is 0.595. The van der Waals surface area contributed by atoms with Crippen LogP contribution in [0.4, 0.5) is 0 Å². The van der Waals surface area contributed by atoms with E-state index in [1.54, 1.807) is 6.07 Å². The Bertz CT molecular complexity index is 2280. The Labute approximate surface area is 281 Å². The first kappa shape index (κ1) is 30.8. The molecule has 1 radical (unpaired) electrons. The van der Waals surface area contributed by atoms with Crippen LogP contribution in [0.1, 0.15) is 12.8 Å². The fourth-order valence-electron chi connectivity index (χ4n) is 5.80. The van der Waals surface area contributed by atoms with E-state index in [1.807, 2.05) is 78.9 Å². The standard InChI is InChI=1S/C18H12BO3.C18H11BrO.C4H8O/c20-19-22-14-5-3-4-12(10-14)13-8-9-18-16(11-13)15-6-1-2-7-17(15)21-18;19-14-5-3-4-12(10-14)13-8-9-18-16(11-13)15-6-1-2-7-17(15)20-18;1-2-4-5-3-1/h1-11,20H;1-11H;1-4H2. The van der Waals surface area contributed by atoms with Crippen molar-refractivity contribution in [1.82, 2.24) is 0 Å². The van der Waals surface area contributed by atoms with Crippen LogP contribution in [0.2, 0.25) is 0 Å². The number of fused-ring (bicyclic) bond motifs is 6. The number of para-hydroxylation sites is 2. The maximum Gasteiger partial charge on any atom is 0.569 e. The molecule has 47 heavy (non-hydrogen) atoms. The van der Waals surface area contributed by atoms with E-state index in [0.717, 1.165) is 67.3 Å². The summed E-state index contributed by atoms with van der Waals surface area (Å²) in [6.07, 6.45) is 2.56. The molecule has 0 bridgehead atoms. The van der Waals surface area contributed by atoms with Crippen LogP contribution >= 0.6 is 15.9 Å². The largest absolute Gasteiger partial charge is 0.569 e. The van der Waals surface area contributed by atoms with E-state index in [1.165, 1.54) is 29.4 Å². The summed E-state index contributed by atoms with van der Waals surface area (Å²) >= 11 is 3.52. The monoisotopic (exact) mass is 681 g/mol.